The summed E-state index contributed by atoms with van der Waals surface area (Å²) in [5, 5.41) is 2.98. The lowest BCUT2D eigenvalue weighted by Crippen LogP contribution is -2.37. The zero-order valence-corrected chi connectivity index (χ0v) is 16.9. The number of fused-ring (bicyclic) bond motifs is 1. The number of benzene rings is 2. The molecular formula is C22H27N5O2. The van der Waals surface area contributed by atoms with Gasteiger partial charge in [-0.05, 0) is 43.8 Å². The minimum atomic E-state index is -0.0352. The van der Waals surface area contributed by atoms with Gasteiger partial charge >= 0.3 is 0 Å². The van der Waals surface area contributed by atoms with Crippen LogP contribution < -0.4 is 10.2 Å². The maximum Gasteiger partial charge on any atom is 0.238 e. The van der Waals surface area contributed by atoms with E-state index in [1.54, 1.807) is 0 Å². The Bertz CT molecular complexity index is 994. The summed E-state index contributed by atoms with van der Waals surface area (Å²) >= 11 is 0. The van der Waals surface area contributed by atoms with Crippen LogP contribution in [0.2, 0.25) is 0 Å². The average Bonchev–Trinajstić information content (AvgIpc) is 3.08. The molecule has 1 fully saturated rings. The first-order chi connectivity index (χ1) is 14.1. The van der Waals surface area contributed by atoms with Gasteiger partial charge in [-0.3, -0.25) is 9.69 Å². The van der Waals surface area contributed by atoms with Gasteiger partial charge in [0.2, 0.25) is 5.91 Å². The fraction of sp³-hybridized carbons (Fsp3) is 0.364. The molecule has 1 aromatic heterocycles. The zero-order valence-electron chi connectivity index (χ0n) is 16.9. The number of rotatable bonds is 6. The summed E-state index contributed by atoms with van der Waals surface area (Å²) in [6.07, 6.45) is 0. The highest BCUT2D eigenvalue weighted by Crippen LogP contribution is 2.23. The first-order valence-electron chi connectivity index (χ1n) is 9.94. The number of aromatic amines is 1. The van der Waals surface area contributed by atoms with Gasteiger partial charge in [-0.25, -0.2) is 4.98 Å². The number of aromatic nitrogens is 2. The van der Waals surface area contributed by atoms with Crippen molar-refractivity contribution >= 4 is 28.3 Å². The molecular weight excluding hydrogens is 366 g/mol. The lowest BCUT2D eigenvalue weighted by atomic mass is 10.1. The van der Waals surface area contributed by atoms with Crippen molar-refractivity contribution in [2.24, 2.45) is 0 Å². The van der Waals surface area contributed by atoms with Gasteiger partial charge in [-0.15, -0.1) is 0 Å². The normalized spacial score (nSPS) is 14.5. The third-order valence-electron chi connectivity index (χ3n) is 5.08. The first kappa shape index (κ1) is 19.4. The maximum absolute atomic E-state index is 12.5. The van der Waals surface area contributed by atoms with Crippen LogP contribution in [0.5, 0.6) is 0 Å². The Morgan fingerprint density at radius 3 is 2.86 bits per heavy atom. The van der Waals surface area contributed by atoms with E-state index in [4.69, 9.17) is 4.74 Å². The summed E-state index contributed by atoms with van der Waals surface area (Å²) in [5.41, 5.74) is 5.04. The van der Waals surface area contributed by atoms with Crippen molar-refractivity contribution in [3.63, 3.8) is 0 Å². The second-order valence-electron chi connectivity index (χ2n) is 7.50. The standard InChI is InChI=1S/C22H27N5O2/c1-16-23-19-8-7-18(13-20(19)24-16)25-22(28)15-26(2)14-17-5-3-4-6-21(17)27-9-11-29-12-10-27/h3-8,13H,9-12,14-15H2,1-2H3,(H,23,24)(H,25,28). The molecule has 0 spiro atoms. The molecule has 0 atom stereocenters. The van der Waals surface area contributed by atoms with Gasteiger partial charge in [0.1, 0.15) is 5.82 Å². The van der Waals surface area contributed by atoms with Crippen LogP contribution in [0.1, 0.15) is 11.4 Å². The largest absolute Gasteiger partial charge is 0.378 e. The Labute approximate surface area is 170 Å². The summed E-state index contributed by atoms with van der Waals surface area (Å²) in [5.74, 6) is 0.828. The van der Waals surface area contributed by atoms with Gasteiger partial charge in [0.25, 0.3) is 0 Å². The Balaban J connectivity index is 1.37. The summed E-state index contributed by atoms with van der Waals surface area (Å²) < 4.78 is 5.47. The first-order valence-corrected chi connectivity index (χ1v) is 9.94. The maximum atomic E-state index is 12.5. The van der Waals surface area contributed by atoms with E-state index >= 15 is 0 Å². The molecule has 7 heteroatoms. The van der Waals surface area contributed by atoms with Crippen molar-refractivity contribution in [1.29, 1.82) is 0 Å². The van der Waals surface area contributed by atoms with E-state index in [1.807, 2.05) is 37.1 Å². The van der Waals surface area contributed by atoms with Crippen molar-refractivity contribution in [3.05, 3.63) is 53.9 Å². The van der Waals surface area contributed by atoms with Gasteiger partial charge in [0, 0.05) is 31.0 Å². The molecule has 1 amide bonds. The number of morpholine rings is 1. The Hall–Kier alpha value is -2.90. The molecule has 0 radical (unpaired) electrons. The Morgan fingerprint density at radius 2 is 2.03 bits per heavy atom. The number of carbonyl (C=O) groups is 1. The van der Waals surface area contributed by atoms with Crippen LogP contribution in [0, 0.1) is 6.92 Å². The number of nitrogens with one attached hydrogen (secondary N) is 2. The highest BCUT2D eigenvalue weighted by Gasteiger charge is 2.16. The summed E-state index contributed by atoms with van der Waals surface area (Å²) in [6, 6.07) is 14.1. The Kier molecular flexibility index (Phi) is 5.78. The number of ether oxygens (including phenoxy) is 1. The number of aryl methyl sites for hydroxylation is 1. The number of hydrogen-bond acceptors (Lipinski definition) is 5. The number of H-pyrrole nitrogens is 1. The molecule has 1 saturated heterocycles. The van der Waals surface area contributed by atoms with Crippen LogP contribution in [0.3, 0.4) is 0 Å². The van der Waals surface area contributed by atoms with Gasteiger partial charge in [0.05, 0.1) is 30.8 Å². The molecule has 152 valence electrons. The third kappa shape index (κ3) is 4.75. The van der Waals surface area contributed by atoms with E-state index < -0.39 is 0 Å². The van der Waals surface area contributed by atoms with E-state index in [0.717, 1.165) is 48.8 Å². The molecule has 1 aliphatic heterocycles. The molecule has 3 aromatic rings. The van der Waals surface area contributed by atoms with E-state index in [9.17, 15) is 4.79 Å². The minimum Gasteiger partial charge on any atom is -0.378 e. The number of nitrogens with zero attached hydrogens (tertiary/aromatic N) is 3. The SMILES string of the molecule is Cc1nc2ccc(NC(=O)CN(C)Cc3ccccc3N3CCOCC3)cc2[nH]1. The zero-order chi connectivity index (χ0) is 20.2. The van der Waals surface area contributed by atoms with Crippen LogP contribution in [0.4, 0.5) is 11.4 Å². The molecule has 0 bridgehead atoms. The Morgan fingerprint density at radius 1 is 1.24 bits per heavy atom. The molecule has 1 aliphatic rings. The quantitative estimate of drug-likeness (QED) is 0.674. The van der Waals surface area contributed by atoms with Crippen molar-refractivity contribution in [2.75, 3.05) is 50.1 Å². The molecule has 29 heavy (non-hydrogen) atoms. The topological polar surface area (TPSA) is 73.5 Å². The highest BCUT2D eigenvalue weighted by molar-refractivity contribution is 5.94. The van der Waals surface area contributed by atoms with E-state index in [-0.39, 0.29) is 5.91 Å². The second-order valence-corrected chi connectivity index (χ2v) is 7.50. The van der Waals surface area contributed by atoms with Gasteiger partial charge < -0.3 is 19.9 Å². The molecule has 0 saturated carbocycles. The lowest BCUT2D eigenvalue weighted by molar-refractivity contribution is -0.117. The summed E-state index contributed by atoms with van der Waals surface area (Å²) in [6.45, 7) is 6.26. The highest BCUT2D eigenvalue weighted by atomic mass is 16.5. The predicted octanol–water partition coefficient (Wildman–Crippen LogP) is 2.78. The van der Waals surface area contributed by atoms with Crippen LogP contribution in [0.15, 0.2) is 42.5 Å². The summed E-state index contributed by atoms with van der Waals surface area (Å²) in [7, 11) is 1.97. The fourth-order valence-electron chi connectivity index (χ4n) is 3.76. The van der Waals surface area contributed by atoms with E-state index in [1.165, 1.54) is 11.3 Å². The predicted molar refractivity (Wildman–Crippen MR) is 115 cm³/mol. The number of para-hydroxylation sites is 1. The van der Waals surface area contributed by atoms with Gasteiger partial charge in [-0.2, -0.15) is 0 Å². The second kappa shape index (κ2) is 8.63. The van der Waals surface area contributed by atoms with Crippen molar-refractivity contribution in [3.8, 4) is 0 Å². The van der Waals surface area contributed by atoms with Crippen molar-refractivity contribution in [1.82, 2.24) is 14.9 Å². The monoisotopic (exact) mass is 393 g/mol. The van der Waals surface area contributed by atoms with Crippen LogP contribution >= 0.6 is 0 Å². The molecule has 7 nitrogen and oxygen atoms in total. The van der Waals surface area contributed by atoms with E-state index in [0.29, 0.717) is 13.1 Å². The average molecular weight is 393 g/mol. The van der Waals surface area contributed by atoms with Crippen molar-refractivity contribution in [2.45, 2.75) is 13.5 Å². The molecule has 2 heterocycles. The third-order valence-corrected chi connectivity index (χ3v) is 5.08. The van der Waals surface area contributed by atoms with Crippen LogP contribution in [0.25, 0.3) is 11.0 Å². The fourth-order valence-corrected chi connectivity index (χ4v) is 3.76. The number of likely N-dealkylation sites (N-methyl/N-ethyl adjacent to an activating group) is 1. The van der Waals surface area contributed by atoms with Crippen LogP contribution in [-0.2, 0) is 16.1 Å². The number of anilines is 2. The number of amides is 1. The van der Waals surface area contributed by atoms with Gasteiger partial charge in [-0.1, -0.05) is 18.2 Å². The molecule has 0 aliphatic carbocycles. The molecule has 4 rings (SSSR count). The van der Waals surface area contributed by atoms with Gasteiger partial charge in [0.15, 0.2) is 0 Å². The molecule has 2 aromatic carbocycles. The van der Waals surface area contributed by atoms with Crippen molar-refractivity contribution < 1.29 is 9.53 Å². The molecule has 2 N–H and O–H groups in total. The number of carbonyl (C=O) groups excluding carboxylic acids is 1. The summed E-state index contributed by atoms with van der Waals surface area (Å²) in [4.78, 5) is 24.5. The lowest BCUT2D eigenvalue weighted by Gasteiger charge is -2.31. The van der Waals surface area contributed by atoms with E-state index in [2.05, 4.69) is 44.5 Å². The molecule has 0 unspecified atom stereocenters. The number of hydrogen-bond donors (Lipinski definition) is 2. The minimum absolute atomic E-state index is 0.0352. The number of imidazole rings is 1. The van der Waals surface area contributed by atoms with Crippen LogP contribution in [-0.4, -0.2) is 60.7 Å². The smallest absolute Gasteiger partial charge is 0.238 e.